The van der Waals surface area contributed by atoms with Crippen molar-refractivity contribution in [3.8, 4) is 0 Å². The SMILES string of the molecule is CC(CO)CCCC1CCCCC1.CCO. The van der Waals surface area contributed by atoms with Gasteiger partial charge in [-0.25, -0.2) is 0 Å². The molecule has 0 aromatic rings. The summed E-state index contributed by atoms with van der Waals surface area (Å²) in [5.41, 5.74) is 0. The number of rotatable bonds is 5. The normalized spacial score (nSPS) is 18.8. The first kappa shape index (κ1) is 15.9. The predicted octanol–water partition coefficient (Wildman–Crippen LogP) is 3.36. The first-order valence-electron chi connectivity index (χ1n) is 6.96. The van der Waals surface area contributed by atoms with Crippen LogP contribution in [-0.4, -0.2) is 23.4 Å². The lowest BCUT2D eigenvalue weighted by Crippen LogP contribution is -2.07. The minimum absolute atomic E-state index is 0.250. The quantitative estimate of drug-likeness (QED) is 0.760. The van der Waals surface area contributed by atoms with E-state index < -0.39 is 0 Å². The van der Waals surface area contributed by atoms with Crippen LogP contribution in [0.15, 0.2) is 0 Å². The van der Waals surface area contributed by atoms with Crippen LogP contribution in [0.25, 0.3) is 0 Å². The van der Waals surface area contributed by atoms with Crippen LogP contribution < -0.4 is 0 Å². The Hall–Kier alpha value is -0.0800. The fourth-order valence-corrected chi connectivity index (χ4v) is 2.32. The van der Waals surface area contributed by atoms with E-state index in [9.17, 15) is 0 Å². The molecule has 0 amide bonds. The van der Waals surface area contributed by atoms with Crippen molar-refractivity contribution in [2.45, 2.75) is 65.2 Å². The molecular formula is C14H30O2. The van der Waals surface area contributed by atoms with Crippen molar-refractivity contribution in [2.24, 2.45) is 11.8 Å². The van der Waals surface area contributed by atoms with Crippen LogP contribution in [0.4, 0.5) is 0 Å². The molecule has 0 saturated heterocycles. The summed E-state index contributed by atoms with van der Waals surface area (Å²) in [4.78, 5) is 0. The van der Waals surface area contributed by atoms with Crippen LogP contribution >= 0.6 is 0 Å². The first-order valence-corrected chi connectivity index (χ1v) is 6.96. The van der Waals surface area contributed by atoms with Gasteiger partial charge in [0.25, 0.3) is 0 Å². The lowest BCUT2D eigenvalue weighted by molar-refractivity contribution is 0.222. The summed E-state index contributed by atoms with van der Waals surface area (Å²) < 4.78 is 0. The average Bonchev–Trinajstić information content (AvgIpc) is 2.31. The Morgan fingerprint density at radius 3 is 2.19 bits per heavy atom. The molecule has 0 aromatic carbocycles. The van der Waals surface area contributed by atoms with E-state index in [2.05, 4.69) is 6.92 Å². The van der Waals surface area contributed by atoms with Gasteiger partial charge in [-0.05, 0) is 25.2 Å². The second-order valence-corrected chi connectivity index (χ2v) is 5.04. The second-order valence-electron chi connectivity index (χ2n) is 5.04. The summed E-state index contributed by atoms with van der Waals surface area (Å²) in [6.45, 7) is 4.44. The molecule has 2 heteroatoms. The highest BCUT2D eigenvalue weighted by Crippen LogP contribution is 2.28. The smallest absolute Gasteiger partial charge is 0.0456 e. The lowest BCUT2D eigenvalue weighted by Gasteiger charge is -2.21. The largest absolute Gasteiger partial charge is 0.397 e. The van der Waals surface area contributed by atoms with Crippen molar-refractivity contribution in [1.82, 2.24) is 0 Å². The molecule has 0 aromatic heterocycles. The third-order valence-electron chi connectivity index (χ3n) is 3.35. The highest BCUT2D eigenvalue weighted by molar-refractivity contribution is 4.66. The molecule has 0 bridgehead atoms. The maximum Gasteiger partial charge on any atom is 0.0456 e. The maximum atomic E-state index is 8.87. The maximum absolute atomic E-state index is 8.87. The van der Waals surface area contributed by atoms with Crippen LogP contribution in [0.1, 0.15) is 65.2 Å². The zero-order valence-corrected chi connectivity index (χ0v) is 11.1. The predicted molar refractivity (Wildman–Crippen MR) is 69.4 cm³/mol. The van der Waals surface area contributed by atoms with E-state index in [0.29, 0.717) is 12.5 Å². The molecule has 0 aliphatic heterocycles. The second kappa shape index (κ2) is 11.4. The number of hydrogen-bond donors (Lipinski definition) is 2. The molecule has 0 spiro atoms. The topological polar surface area (TPSA) is 40.5 Å². The van der Waals surface area contributed by atoms with Crippen LogP contribution in [0.3, 0.4) is 0 Å². The van der Waals surface area contributed by atoms with Crippen LogP contribution in [-0.2, 0) is 0 Å². The van der Waals surface area contributed by atoms with Gasteiger partial charge < -0.3 is 10.2 Å². The van der Waals surface area contributed by atoms with Gasteiger partial charge in [0.05, 0.1) is 0 Å². The monoisotopic (exact) mass is 230 g/mol. The third kappa shape index (κ3) is 9.17. The summed E-state index contributed by atoms with van der Waals surface area (Å²) in [6.07, 6.45) is 11.3. The highest BCUT2D eigenvalue weighted by Gasteiger charge is 2.13. The molecule has 1 unspecified atom stereocenters. The summed E-state index contributed by atoms with van der Waals surface area (Å²) in [6, 6.07) is 0. The van der Waals surface area contributed by atoms with Gasteiger partial charge in [0.15, 0.2) is 0 Å². The zero-order valence-electron chi connectivity index (χ0n) is 11.1. The van der Waals surface area contributed by atoms with Gasteiger partial charge in [0.2, 0.25) is 0 Å². The summed E-state index contributed by atoms with van der Waals surface area (Å²) >= 11 is 0. The van der Waals surface area contributed by atoms with E-state index in [1.54, 1.807) is 6.92 Å². The zero-order chi connectivity index (χ0) is 12.2. The van der Waals surface area contributed by atoms with Gasteiger partial charge in [-0.1, -0.05) is 51.9 Å². The molecule has 0 heterocycles. The molecule has 1 atom stereocenters. The molecule has 16 heavy (non-hydrogen) atoms. The van der Waals surface area contributed by atoms with Crippen molar-refractivity contribution in [2.75, 3.05) is 13.2 Å². The summed E-state index contributed by atoms with van der Waals surface area (Å²) in [5.74, 6) is 1.53. The molecule has 0 radical (unpaired) electrons. The highest BCUT2D eigenvalue weighted by atomic mass is 16.3. The van der Waals surface area contributed by atoms with E-state index in [0.717, 1.165) is 5.92 Å². The van der Waals surface area contributed by atoms with E-state index in [1.165, 1.54) is 51.4 Å². The Morgan fingerprint density at radius 2 is 1.69 bits per heavy atom. The molecular weight excluding hydrogens is 200 g/mol. The van der Waals surface area contributed by atoms with E-state index >= 15 is 0 Å². The number of aliphatic hydroxyl groups excluding tert-OH is 2. The van der Waals surface area contributed by atoms with Crippen molar-refractivity contribution in [3.63, 3.8) is 0 Å². The summed E-state index contributed by atoms with van der Waals surface area (Å²) in [7, 11) is 0. The Kier molecular flexibility index (Phi) is 11.3. The van der Waals surface area contributed by atoms with Crippen molar-refractivity contribution >= 4 is 0 Å². The standard InChI is InChI=1S/C12H24O.C2H6O/c1-11(10-13)6-5-9-12-7-3-2-4-8-12;1-2-3/h11-13H,2-10H2,1H3;3H,2H2,1H3. The molecule has 1 aliphatic rings. The van der Waals surface area contributed by atoms with Crippen LogP contribution in [0.5, 0.6) is 0 Å². The lowest BCUT2D eigenvalue weighted by atomic mass is 9.85. The van der Waals surface area contributed by atoms with Gasteiger partial charge in [-0.15, -0.1) is 0 Å². The van der Waals surface area contributed by atoms with Gasteiger partial charge in [-0.2, -0.15) is 0 Å². The fraction of sp³-hybridized carbons (Fsp3) is 1.00. The molecule has 1 rings (SSSR count). The minimum atomic E-state index is 0.250. The Balaban J connectivity index is 0.000000673. The Bertz CT molecular complexity index is 131. The first-order chi connectivity index (χ1) is 7.74. The molecule has 1 saturated carbocycles. The van der Waals surface area contributed by atoms with Crippen molar-refractivity contribution < 1.29 is 10.2 Å². The Morgan fingerprint density at radius 1 is 1.12 bits per heavy atom. The van der Waals surface area contributed by atoms with Crippen molar-refractivity contribution in [3.05, 3.63) is 0 Å². The number of aliphatic hydroxyl groups is 2. The van der Waals surface area contributed by atoms with E-state index in [1.807, 2.05) is 0 Å². The molecule has 2 nitrogen and oxygen atoms in total. The van der Waals surface area contributed by atoms with Gasteiger partial charge in [-0.3, -0.25) is 0 Å². The fourth-order valence-electron chi connectivity index (χ4n) is 2.32. The molecule has 2 N–H and O–H groups in total. The van der Waals surface area contributed by atoms with Crippen molar-refractivity contribution in [1.29, 1.82) is 0 Å². The Labute approximate surface area is 101 Å². The van der Waals surface area contributed by atoms with E-state index in [4.69, 9.17) is 10.2 Å². The number of hydrogen-bond acceptors (Lipinski definition) is 2. The van der Waals surface area contributed by atoms with Crippen LogP contribution in [0, 0.1) is 11.8 Å². The third-order valence-corrected chi connectivity index (χ3v) is 3.35. The summed E-state index contributed by atoms with van der Waals surface area (Å²) in [5, 5.41) is 16.4. The molecule has 1 fully saturated rings. The van der Waals surface area contributed by atoms with Crippen LogP contribution in [0.2, 0.25) is 0 Å². The van der Waals surface area contributed by atoms with E-state index in [-0.39, 0.29) is 6.61 Å². The molecule has 98 valence electrons. The van der Waals surface area contributed by atoms with Gasteiger partial charge >= 0.3 is 0 Å². The average molecular weight is 230 g/mol. The van der Waals surface area contributed by atoms with Gasteiger partial charge in [0, 0.05) is 13.2 Å². The minimum Gasteiger partial charge on any atom is -0.397 e. The molecule has 1 aliphatic carbocycles. The van der Waals surface area contributed by atoms with Gasteiger partial charge in [0.1, 0.15) is 0 Å².